The van der Waals surface area contributed by atoms with Crippen molar-refractivity contribution >= 4 is 38.7 Å². The fourth-order valence-electron chi connectivity index (χ4n) is 3.43. The first-order valence-corrected chi connectivity index (χ1v) is 12.1. The van der Waals surface area contributed by atoms with E-state index in [0.717, 1.165) is 21.5 Å². The third-order valence-corrected chi connectivity index (χ3v) is 6.20. The van der Waals surface area contributed by atoms with Gasteiger partial charge in [-0.15, -0.1) is 0 Å². The molecule has 4 aromatic rings. The van der Waals surface area contributed by atoms with Gasteiger partial charge in [-0.2, -0.15) is 5.26 Å². The molecule has 4 rings (SSSR count). The van der Waals surface area contributed by atoms with Gasteiger partial charge in [-0.1, -0.05) is 47.2 Å². The highest BCUT2D eigenvalue weighted by Crippen LogP contribution is 2.31. The molecule has 3 aromatic carbocycles. The lowest BCUT2D eigenvalue weighted by molar-refractivity contribution is -0.112. The number of nitriles is 1. The first-order chi connectivity index (χ1) is 17.5. The van der Waals surface area contributed by atoms with Crippen LogP contribution in [-0.4, -0.2) is 24.6 Å². The molecule has 0 aliphatic heterocycles. The van der Waals surface area contributed by atoms with E-state index in [2.05, 4.69) is 10.3 Å². The van der Waals surface area contributed by atoms with Crippen LogP contribution in [0.3, 0.4) is 0 Å². The Balaban J connectivity index is 1.48. The summed E-state index contributed by atoms with van der Waals surface area (Å²) in [5, 5.41) is 12.7. The number of aryl methyl sites for hydroxylation is 1. The highest BCUT2D eigenvalue weighted by atomic mass is 32.1. The molecule has 1 aromatic heterocycles. The van der Waals surface area contributed by atoms with E-state index >= 15 is 0 Å². The molecule has 8 heteroatoms. The number of hydrogen-bond donors (Lipinski definition) is 1. The van der Waals surface area contributed by atoms with Crippen molar-refractivity contribution in [2.75, 3.05) is 19.0 Å². The molecule has 0 saturated carbocycles. The van der Waals surface area contributed by atoms with Gasteiger partial charge in [-0.05, 0) is 61.4 Å². The maximum atomic E-state index is 12.8. The Labute approximate surface area is 213 Å². The summed E-state index contributed by atoms with van der Waals surface area (Å²) >= 11 is 1.32. The van der Waals surface area contributed by atoms with E-state index < -0.39 is 5.91 Å². The van der Waals surface area contributed by atoms with E-state index in [0.29, 0.717) is 35.4 Å². The molecule has 0 aliphatic rings. The summed E-state index contributed by atoms with van der Waals surface area (Å²) in [4.78, 5) is 17.2. The number of anilines is 1. The van der Waals surface area contributed by atoms with Crippen molar-refractivity contribution in [3.8, 4) is 23.3 Å². The SMILES string of the molecule is CCOc1ccc2nc(NC(=O)/C(C#N)=C/c3ccc(OCc4ccc(C)cc4)c(OC)c3)sc2c1. The number of aromatic nitrogens is 1. The van der Waals surface area contributed by atoms with Crippen molar-refractivity contribution in [2.24, 2.45) is 0 Å². The fraction of sp³-hybridized carbons (Fsp3) is 0.179. The molecule has 1 N–H and O–H groups in total. The van der Waals surface area contributed by atoms with Crippen molar-refractivity contribution in [1.82, 2.24) is 4.98 Å². The predicted octanol–water partition coefficient (Wildman–Crippen LogP) is 6.14. The van der Waals surface area contributed by atoms with E-state index in [1.54, 1.807) is 25.3 Å². The van der Waals surface area contributed by atoms with Crippen LogP contribution in [-0.2, 0) is 11.4 Å². The van der Waals surface area contributed by atoms with Crippen LogP contribution in [0.4, 0.5) is 5.13 Å². The second kappa shape index (κ2) is 11.4. The Hall–Kier alpha value is -4.35. The van der Waals surface area contributed by atoms with E-state index in [9.17, 15) is 10.1 Å². The Morgan fingerprint density at radius 1 is 1.08 bits per heavy atom. The third kappa shape index (κ3) is 6.01. The second-order valence-electron chi connectivity index (χ2n) is 7.89. The van der Waals surface area contributed by atoms with Crippen LogP contribution in [0.2, 0.25) is 0 Å². The molecule has 0 unspecified atom stereocenters. The van der Waals surface area contributed by atoms with Crippen LogP contribution in [0.25, 0.3) is 16.3 Å². The number of rotatable bonds is 9. The topological polar surface area (TPSA) is 93.5 Å². The molecule has 36 heavy (non-hydrogen) atoms. The Morgan fingerprint density at radius 2 is 1.89 bits per heavy atom. The Kier molecular flexibility index (Phi) is 7.83. The first-order valence-electron chi connectivity index (χ1n) is 11.3. The third-order valence-electron chi connectivity index (χ3n) is 5.27. The minimum atomic E-state index is -0.541. The zero-order valence-electron chi connectivity index (χ0n) is 20.2. The van der Waals surface area contributed by atoms with Gasteiger partial charge < -0.3 is 14.2 Å². The number of fused-ring (bicyclic) bond motifs is 1. The number of methoxy groups -OCH3 is 1. The summed E-state index contributed by atoms with van der Waals surface area (Å²) in [5.74, 6) is 1.27. The largest absolute Gasteiger partial charge is 0.494 e. The Bertz CT molecular complexity index is 1450. The number of nitrogens with one attached hydrogen (secondary N) is 1. The minimum absolute atomic E-state index is 0.0559. The number of amides is 1. The summed E-state index contributed by atoms with van der Waals surface area (Å²) in [6, 6.07) is 20.9. The fourth-order valence-corrected chi connectivity index (χ4v) is 4.32. The monoisotopic (exact) mass is 499 g/mol. The molecule has 182 valence electrons. The normalized spacial score (nSPS) is 11.1. The van der Waals surface area contributed by atoms with E-state index in [-0.39, 0.29) is 5.57 Å². The van der Waals surface area contributed by atoms with E-state index in [4.69, 9.17) is 14.2 Å². The number of nitrogens with zero attached hydrogens (tertiary/aromatic N) is 2. The van der Waals surface area contributed by atoms with Gasteiger partial charge in [0.25, 0.3) is 5.91 Å². The van der Waals surface area contributed by atoms with Gasteiger partial charge in [-0.25, -0.2) is 4.98 Å². The number of carbonyl (C=O) groups is 1. The molecular formula is C28H25N3O4S. The Morgan fingerprint density at radius 3 is 2.61 bits per heavy atom. The summed E-state index contributed by atoms with van der Waals surface area (Å²) in [6.07, 6.45) is 1.50. The minimum Gasteiger partial charge on any atom is -0.494 e. The number of thiazole rings is 1. The van der Waals surface area contributed by atoms with Crippen LogP contribution in [0, 0.1) is 18.3 Å². The van der Waals surface area contributed by atoms with Gasteiger partial charge in [0, 0.05) is 0 Å². The number of hydrogen-bond acceptors (Lipinski definition) is 7. The molecule has 0 atom stereocenters. The summed E-state index contributed by atoms with van der Waals surface area (Å²) < 4.78 is 17.8. The van der Waals surface area contributed by atoms with Crippen molar-refractivity contribution in [3.63, 3.8) is 0 Å². The maximum absolute atomic E-state index is 12.8. The van der Waals surface area contributed by atoms with Gasteiger partial charge in [-0.3, -0.25) is 10.1 Å². The molecule has 0 saturated heterocycles. The predicted molar refractivity (Wildman–Crippen MR) is 142 cm³/mol. The zero-order valence-corrected chi connectivity index (χ0v) is 21.0. The molecule has 0 aliphatic carbocycles. The summed E-state index contributed by atoms with van der Waals surface area (Å²) in [7, 11) is 1.55. The van der Waals surface area contributed by atoms with Crippen molar-refractivity contribution in [3.05, 3.63) is 82.9 Å². The molecule has 0 radical (unpaired) electrons. The summed E-state index contributed by atoms with van der Waals surface area (Å²) in [6.45, 7) is 4.91. The van der Waals surface area contributed by atoms with Crippen LogP contribution in [0.15, 0.2) is 66.2 Å². The molecule has 7 nitrogen and oxygen atoms in total. The average molecular weight is 500 g/mol. The molecule has 0 fully saturated rings. The van der Waals surface area contributed by atoms with Crippen molar-refractivity contribution in [2.45, 2.75) is 20.5 Å². The van der Waals surface area contributed by atoms with Gasteiger partial charge in [0.2, 0.25) is 0 Å². The van der Waals surface area contributed by atoms with Crippen LogP contribution in [0.5, 0.6) is 17.2 Å². The van der Waals surface area contributed by atoms with Crippen LogP contribution in [0.1, 0.15) is 23.6 Å². The van der Waals surface area contributed by atoms with Crippen molar-refractivity contribution in [1.29, 1.82) is 5.26 Å². The number of benzene rings is 3. The lowest BCUT2D eigenvalue weighted by Crippen LogP contribution is -2.13. The standard InChI is InChI=1S/C28H25N3O4S/c1-4-34-22-10-11-23-26(15-22)36-28(30-23)31-27(32)21(16-29)13-20-9-12-24(25(14-20)33-3)35-17-19-7-5-18(2)6-8-19/h5-15H,4,17H2,1-3H3,(H,30,31,32)/b21-13+. The quantitative estimate of drug-likeness (QED) is 0.220. The van der Waals surface area contributed by atoms with Crippen LogP contribution >= 0.6 is 11.3 Å². The number of carbonyl (C=O) groups excluding carboxylic acids is 1. The molecule has 1 amide bonds. The van der Waals surface area contributed by atoms with E-state index in [1.807, 2.05) is 62.4 Å². The molecular weight excluding hydrogens is 474 g/mol. The summed E-state index contributed by atoms with van der Waals surface area (Å²) in [5.41, 5.74) is 3.54. The highest BCUT2D eigenvalue weighted by Gasteiger charge is 2.14. The van der Waals surface area contributed by atoms with Gasteiger partial charge in [0.05, 0.1) is 23.9 Å². The zero-order chi connectivity index (χ0) is 25.5. The van der Waals surface area contributed by atoms with Gasteiger partial charge >= 0.3 is 0 Å². The first kappa shape index (κ1) is 24.8. The maximum Gasteiger partial charge on any atom is 0.268 e. The highest BCUT2D eigenvalue weighted by molar-refractivity contribution is 7.22. The lowest BCUT2D eigenvalue weighted by Gasteiger charge is -2.12. The van der Waals surface area contributed by atoms with Gasteiger partial charge in [0.15, 0.2) is 16.6 Å². The van der Waals surface area contributed by atoms with Crippen molar-refractivity contribution < 1.29 is 19.0 Å². The molecule has 0 bridgehead atoms. The van der Waals surface area contributed by atoms with E-state index in [1.165, 1.54) is 23.0 Å². The van der Waals surface area contributed by atoms with Gasteiger partial charge in [0.1, 0.15) is 24.0 Å². The second-order valence-corrected chi connectivity index (χ2v) is 8.92. The smallest absolute Gasteiger partial charge is 0.268 e. The number of ether oxygens (including phenoxy) is 3. The molecule has 0 spiro atoms. The molecule has 1 heterocycles. The average Bonchev–Trinajstić information content (AvgIpc) is 3.28. The lowest BCUT2D eigenvalue weighted by atomic mass is 10.1. The van der Waals surface area contributed by atoms with Crippen LogP contribution < -0.4 is 19.5 Å².